The molecule has 5 rings (SSSR count). The fourth-order valence-electron chi connectivity index (χ4n) is 5.64. The van der Waals surface area contributed by atoms with Gasteiger partial charge in [-0.05, 0) is 75.9 Å². The summed E-state index contributed by atoms with van der Waals surface area (Å²) in [5.41, 5.74) is 15.4. The van der Waals surface area contributed by atoms with Crippen molar-refractivity contribution in [1.29, 1.82) is 0 Å². The molecule has 4 aromatic carbocycles. The summed E-state index contributed by atoms with van der Waals surface area (Å²) in [4.78, 5) is 10.6. The van der Waals surface area contributed by atoms with E-state index in [0.29, 0.717) is 0 Å². The third kappa shape index (κ3) is 7.77. The normalized spacial score (nSPS) is 11.8. The molecule has 1 heterocycles. The molecule has 0 bridgehead atoms. The first-order chi connectivity index (χ1) is 20.6. The third-order valence-electron chi connectivity index (χ3n) is 7.42. The van der Waals surface area contributed by atoms with Gasteiger partial charge in [0.1, 0.15) is 0 Å². The van der Waals surface area contributed by atoms with Gasteiger partial charge in [-0.1, -0.05) is 96.1 Å². The topological polar surface area (TPSA) is 29.6 Å². The quantitative estimate of drug-likeness (QED) is 0.129. The van der Waals surface area contributed by atoms with Crippen LogP contribution in [0.25, 0.3) is 0 Å². The molecule has 0 aliphatic carbocycles. The van der Waals surface area contributed by atoms with E-state index in [2.05, 4.69) is 138 Å². The number of nitrogens with zero attached hydrogens (tertiary/aromatic N) is 3. The van der Waals surface area contributed by atoms with E-state index in [1.807, 2.05) is 12.1 Å². The van der Waals surface area contributed by atoms with Crippen LogP contribution < -0.4 is 0 Å². The van der Waals surface area contributed by atoms with Crippen LogP contribution in [-0.4, -0.2) is 16.0 Å². The zero-order chi connectivity index (χ0) is 31.1. The van der Waals surface area contributed by atoms with E-state index in [1.54, 1.807) is 0 Å². The fourth-order valence-corrected chi connectivity index (χ4v) is 5.64. The molecular weight excluding hydrogens is 613 g/mol. The number of benzene rings is 4. The maximum absolute atomic E-state index is 5.32. The molecular formula is C37H37Cl2FeN3. The van der Waals surface area contributed by atoms with Crippen molar-refractivity contribution < 1.29 is 13.1 Å². The number of hydrogen-bond acceptors (Lipinski definition) is 2. The summed E-state index contributed by atoms with van der Waals surface area (Å²) in [7, 11) is 11.6. The van der Waals surface area contributed by atoms with E-state index >= 15 is 0 Å². The molecule has 0 radical (unpaired) electrons. The standard InChI is InChI=1S/C37H37N3.2ClH.Fe/c1-24-20-26(3)34(27(4)21-24)38-36(30-14-10-8-11-15-30)32-18-19-33(40(32)7)37(31-16-12-9-13-17-31)39-35-28(5)22-25(2)23-29(35)6;;;/h8-23H,1-7H3;2*1H;/q;;;+2/p-2. The molecule has 0 unspecified atom stereocenters. The summed E-state index contributed by atoms with van der Waals surface area (Å²) >= 11 is 0.194. The van der Waals surface area contributed by atoms with Crippen LogP contribution in [0.2, 0.25) is 0 Å². The van der Waals surface area contributed by atoms with E-state index in [1.165, 1.54) is 33.4 Å². The van der Waals surface area contributed by atoms with Gasteiger partial charge in [0.05, 0.1) is 34.2 Å². The van der Waals surface area contributed by atoms with Crippen LogP contribution in [0.4, 0.5) is 11.4 Å². The fraction of sp³-hybridized carbons (Fsp3) is 0.189. The molecule has 0 amide bonds. The van der Waals surface area contributed by atoms with Gasteiger partial charge in [-0.2, -0.15) is 0 Å². The average molecular weight is 650 g/mol. The van der Waals surface area contributed by atoms with Crippen molar-refractivity contribution in [3.05, 3.63) is 153 Å². The van der Waals surface area contributed by atoms with Gasteiger partial charge in [-0.3, -0.25) is 0 Å². The van der Waals surface area contributed by atoms with Crippen molar-refractivity contribution >= 4 is 43.0 Å². The molecule has 0 fully saturated rings. The third-order valence-corrected chi connectivity index (χ3v) is 7.42. The van der Waals surface area contributed by atoms with E-state index in [4.69, 9.17) is 30.2 Å². The number of hydrogen-bond donors (Lipinski definition) is 0. The number of aryl methyl sites for hydroxylation is 6. The Labute approximate surface area is 271 Å². The first-order valence-electron chi connectivity index (χ1n) is 14.1. The van der Waals surface area contributed by atoms with E-state index in [0.717, 1.165) is 45.3 Å². The molecule has 0 aliphatic rings. The Morgan fingerprint density at radius 2 is 0.837 bits per heavy atom. The molecule has 0 saturated heterocycles. The van der Waals surface area contributed by atoms with Crippen LogP contribution in [0.1, 0.15) is 55.9 Å². The SMILES string of the molecule is Cc1cc(C)c(N=C(c2ccccc2)c2ccc(C(=Nc3c(C)cc(C)cc3C)c3ccccc3)n2C)c(C)c1.[Cl][Fe][Cl]. The summed E-state index contributed by atoms with van der Waals surface area (Å²) in [6, 6.07) is 34.1. The molecule has 43 heavy (non-hydrogen) atoms. The van der Waals surface area contributed by atoms with Gasteiger partial charge in [-0.25, -0.2) is 9.98 Å². The summed E-state index contributed by atoms with van der Waals surface area (Å²) in [6.07, 6.45) is 0. The summed E-state index contributed by atoms with van der Waals surface area (Å²) in [6.45, 7) is 12.8. The monoisotopic (exact) mass is 649 g/mol. The minimum absolute atomic E-state index is 0.194. The molecule has 0 aliphatic heterocycles. The summed E-state index contributed by atoms with van der Waals surface area (Å²) < 4.78 is 2.23. The first kappa shape index (κ1) is 32.5. The van der Waals surface area contributed by atoms with Crippen LogP contribution in [-0.2, 0) is 20.2 Å². The van der Waals surface area contributed by atoms with Crippen molar-refractivity contribution in [3.63, 3.8) is 0 Å². The summed E-state index contributed by atoms with van der Waals surface area (Å²) in [5, 5.41) is 0. The molecule has 0 spiro atoms. The van der Waals surface area contributed by atoms with Gasteiger partial charge in [0.25, 0.3) is 0 Å². The van der Waals surface area contributed by atoms with Crippen molar-refractivity contribution in [2.45, 2.75) is 41.5 Å². The first-order valence-corrected chi connectivity index (χ1v) is 17.1. The van der Waals surface area contributed by atoms with Crippen molar-refractivity contribution in [2.24, 2.45) is 17.0 Å². The zero-order valence-corrected chi connectivity index (χ0v) is 28.3. The Balaban J connectivity index is 0.00000135. The average Bonchev–Trinajstić information content (AvgIpc) is 3.34. The Hall–Kier alpha value is -3.40. The van der Waals surface area contributed by atoms with Gasteiger partial charge in [0.2, 0.25) is 0 Å². The Bertz CT molecular complexity index is 1600. The van der Waals surface area contributed by atoms with Gasteiger partial charge in [-0.15, -0.1) is 0 Å². The second-order valence-electron chi connectivity index (χ2n) is 10.9. The molecule has 3 nitrogen and oxygen atoms in total. The van der Waals surface area contributed by atoms with Crippen LogP contribution in [0.15, 0.2) is 107 Å². The van der Waals surface area contributed by atoms with E-state index in [9.17, 15) is 0 Å². The van der Waals surface area contributed by atoms with Crippen molar-refractivity contribution in [1.82, 2.24) is 4.57 Å². The second kappa shape index (κ2) is 14.9. The summed E-state index contributed by atoms with van der Waals surface area (Å²) in [5.74, 6) is 0. The van der Waals surface area contributed by atoms with Gasteiger partial charge in [0, 0.05) is 18.2 Å². The Morgan fingerprint density at radius 3 is 1.14 bits per heavy atom. The molecule has 6 heteroatoms. The van der Waals surface area contributed by atoms with E-state index in [-0.39, 0.29) is 13.1 Å². The van der Waals surface area contributed by atoms with Gasteiger partial charge >= 0.3 is 33.3 Å². The molecule has 222 valence electrons. The minimum atomic E-state index is 0.194. The zero-order valence-electron chi connectivity index (χ0n) is 25.7. The van der Waals surface area contributed by atoms with Crippen molar-refractivity contribution in [3.8, 4) is 0 Å². The number of halogens is 2. The number of rotatable bonds is 6. The number of aliphatic imine (C=N–C) groups is 2. The molecule has 1 aromatic heterocycles. The van der Waals surface area contributed by atoms with Crippen LogP contribution in [0, 0.1) is 41.5 Å². The molecule has 0 saturated carbocycles. The molecule has 5 aromatic rings. The number of aromatic nitrogens is 1. The van der Waals surface area contributed by atoms with Crippen LogP contribution in [0.5, 0.6) is 0 Å². The maximum atomic E-state index is 5.32. The van der Waals surface area contributed by atoms with Crippen LogP contribution >= 0.6 is 20.2 Å². The Morgan fingerprint density at radius 1 is 0.535 bits per heavy atom. The molecule has 0 atom stereocenters. The van der Waals surface area contributed by atoms with Crippen molar-refractivity contribution in [2.75, 3.05) is 0 Å². The van der Waals surface area contributed by atoms with Crippen LogP contribution in [0.3, 0.4) is 0 Å². The van der Waals surface area contributed by atoms with Gasteiger partial charge < -0.3 is 4.57 Å². The Kier molecular flexibility index (Phi) is 11.2. The van der Waals surface area contributed by atoms with Gasteiger partial charge in [0.15, 0.2) is 0 Å². The second-order valence-corrected chi connectivity index (χ2v) is 12.7. The predicted molar refractivity (Wildman–Crippen MR) is 182 cm³/mol. The molecule has 0 N–H and O–H groups in total. The predicted octanol–water partition coefficient (Wildman–Crippen LogP) is 10.6. The van der Waals surface area contributed by atoms with E-state index < -0.39 is 0 Å².